The molecule has 1 heterocycles. The summed E-state index contributed by atoms with van der Waals surface area (Å²) in [4.78, 5) is 13.0. The summed E-state index contributed by atoms with van der Waals surface area (Å²) in [6.45, 7) is 0.669. The molecule has 0 bridgehead atoms. The highest BCUT2D eigenvalue weighted by Crippen LogP contribution is 2.25. The number of ether oxygens (including phenoxy) is 1. The first-order valence-electron chi connectivity index (χ1n) is 7.75. The van der Waals surface area contributed by atoms with Crippen LogP contribution in [0.5, 0.6) is 5.75 Å². The van der Waals surface area contributed by atoms with Crippen molar-refractivity contribution in [3.8, 4) is 5.75 Å². The SMILES string of the molecule is COc1ccc(SCC(=O)NCCc2csc3ccccc23)cc1. The Bertz CT molecular complexity index is 812. The molecule has 0 unspecified atom stereocenters. The molecule has 0 fully saturated rings. The van der Waals surface area contributed by atoms with Crippen molar-refractivity contribution in [1.29, 1.82) is 0 Å². The third kappa shape index (κ3) is 4.30. The molecule has 0 aliphatic heterocycles. The summed E-state index contributed by atoms with van der Waals surface area (Å²) in [5.74, 6) is 1.32. The van der Waals surface area contributed by atoms with Crippen molar-refractivity contribution in [2.45, 2.75) is 11.3 Å². The van der Waals surface area contributed by atoms with E-state index in [-0.39, 0.29) is 5.91 Å². The number of methoxy groups -OCH3 is 1. The standard InChI is InChI=1S/C19H19NO2S2/c1-22-15-6-8-16(9-7-15)23-13-19(21)20-11-10-14-12-24-18-5-3-2-4-17(14)18/h2-9,12H,10-11,13H2,1H3,(H,20,21). The zero-order valence-electron chi connectivity index (χ0n) is 13.5. The molecule has 24 heavy (non-hydrogen) atoms. The maximum atomic E-state index is 12.0. The van der Waals surface area contributed by atoms with Crippen molar-refractivity contribution in [3.63, 3.8) is 0 Å². The summed E-state index contributed by atoms with van der Waals surface area (Å²) in [6.07, 6.45) is 0.864. The number of hydrogen-bond acceptors (Lipinski definition) is 4. The van der Waals surface area contributed by atoms with E-state index in [9.17, 15) is 4.79 Å². The molecule has 0 saturated carbocycles. The van der Waals surface area contributed by atoms with Crippen molar-refractivity contribution >= 4 is 39.1 Å². The second-order valence-electron chi connectivity index (χ2n) is 5.32. The van der Waals surface area contributed by atoms with E-state index in [1.165, 1.54) is 27.4 Å². The zero-order chi connectivity index (χ0) is 16.8. The highest BCUT2D eigenvalue weighted by molar-refractivity contribution is 8.00. The Morgan fingerprint density at radius 2 is 1.96 bits per heavy atom. The van der Waals surface area contributed by atoms with E-state index in [1.807, 2.05) is 24.3 Å². The molecule has 1 N–H and O–H groups in total. The number of thioether (sulfide) groups is 1. The van der Waals surface area contributed by atoms with Gasteiger partial charge in [0.1, 0.15) is 5.75 Å². The van der Waals surface area contributed by atoms with Gasteiger partial charge in [-0.25, -0.2) is 0 Å². The number of amides is 1. The topological polar surface area (TPSA) is 38.3 Å². The summed E-state index contributed by atoms with van der Waals surface area (Å²) in [5, 5.41) is 6.48. The Kier molecular flexibility index (Phi) is 5.77. The molecule has 3 aromatic rings. The van der Waals surface area contributed by atoms with Crippen LogP contribution in [0.1, 0.15) is 5.56 Å². The molecule has 2 aromatic carbocycles. The van der Waals surface area contributed by atoms with Crippen LogP contribution >= 0.6 is 23.1 Å². The first-order valence-corrected chi connectivity index (χ1v) is 9.61. The third-order valence-electron chi connectivity index (χ3n) is 3.71. The van der Waals surface area contributed by atoms with Gasteiger partial charge in [0.25, 0.3) is 0 Å². The van der Waals surface area contributed by atoms with Gasteiger partial charge in [0, 0.05) is 16.1 Å². The van der Waals surface area contributed by atoms with Crippen LogP contribution in [0.3, 0.4) is 0 Å². The summed E-state index contributed by atoms with van der Waals surface area (Å²) in [7, 11) is 1.65. The molecule has 1 amide bonds. The molecule has 5 heteroatoms. The fraction of sp³-hybridized carbons (Fsp3) is 0.211. The lowest BCUT2D eigenvalue weighted by atomic mass is 10.1. The molecule has 0 aliphatic carbocycles. The van der Waals surface area contributed by atoms with Gasteiger partial charge >= 0.3 is 0 Å². The summed E-state index contributed by atoms with van der Waals surface area (Å²) >= 11 is 3.29. The van der Waals surface area contributed by atoms with E-state index >= 15 is 0 Å². The largest absolute Gasteiger partial charge is 0.497 e. The zero-order valence-corrected chi connectivity index (χ0v) is 15.1. The van der Waals surface area contributed by atoms with Crippen molar-refractivity contribution < 1.29 is 9.53 Å². The summed E-state index contributed by atoms with van der Waals surface area (Å²) in [6, 6.07) is 16.1. The van der Waals surface area contributed by atoms with E-state index in [2.05, 4.69) is 35.0 Å². The first-order chi connectivity index (χ1) is 11.8. The third-order valence-corrected chi connectivity index (χ3v) is 5.73. The van der Waals surface area contributed by atoms with Gasteiger partial charge in [-0.15, -0.1) is 23.1 Å². The van der Waals surface area contributed by atoms with Gasteiger partial charge in [-0.05, 0) is 53.1 Å². The fourth-order valence-electron chi connectivity index (χ4n) is 2.43. The average Bonchev–Trinajstić information content (AvgIpc) is 3.04. The molecule has 0 aliphatic rings. The molecule has 0 saturated heterocycles. The summed E-state index contributed by atoms with van der Waals surface area (Å²) in [5.41, 5.74) is 1.30. The van der Waals surface area contributed by atoms with Crippen molar-refractivity contribution in [1.82, 2.24) is 5.32 Å². The minimum Gasteiger partial charge on any atom is -0.497 e. The number of hydrogen-bond donors (Lipinski definition) is 1. The fourth-order valence-corrected chi connectivity index (χ4v) is 4.16. The number of thiophene rings is 1. The predicted molar refractivity (Wildman–Crippen MR) is 102 cm³/mol. The van der Waals surface area contributed by atoms with Crippen LogP contribution in [-0.4, -0.2) is 25.3 Å². The van der Waals surface area contributed by atoms with Crippen molar-refractivity contribution in [2.24, 2.45) is 0 Å². The first kappa shape index (κ1) is 16.9. The van der Waals surface area contributed by atoms with E-state index in [0.29, 0.717) is 12.3 Å². The van der Waals surface area contributed by atoms with Crippen LogP contribution in [0.2, 0.25) is 0 Å². The number of fused-ring (bicyclic) bond motifs is 1. The van der Waals surface area contributed by atoms with Gasteiger partial charge in [-0.2, -0.15) is 0 Å². The van der Waals surface area contributed by atoms with E-state index in [4.69, 9.17) is 4.74 Å². The van der Waals surface area contributed by atoms with Crippen LogP contribution in [0, 0.1) is 0 Å². The highest BCUT2D eigenvalue weighted by atomic mass is 32.2. The molecule has 3 nitrogen and oxygen atoms in total. The number of carbonyl (C=O) groups excluding carboxylic acids is 1. The lowest BCUT2D eigenvalue weighted by molar-refractivity contribution is -0.118. The smallest absolute Gasteiger partial charge is 0.230 e. The number of benzene rings is 2. The van der Waals surface area contributed by atoms with E-state index in [0.717, 1.165) is 17.1 Å². The van der Waals surface area contributed by atoms with Gasteiger partial charge in [0.05, 0.1) is 12.9 Å². The number of carbonyl (C=O) groups is 1. The monoisotopic (exact) mass is 357 g/mol. The molecule has 3 rings (SSSR count). The lowest BCUT2D eigenvalue weighted by Crippen LogP contribution is -2.27. The lowest BCUT2D eigenvalue weighted by Gasteiger charge is -2.06. The van der Waals surface area contributed by atoms with Gasteiger partial charge in [0.2, 0.25) is 5.91 Å². The summed E-state index contributed by atoms with van der Waals surface area (Å²) < 4.78 is 6.43. The van der Waals surface area contributed by atoms with Crippen LogP contribution in [0.15, 0.2) is 58.8 Å². The van der Waals surface area contributed by atoms with Gasteiger partial charge in [0.15, 0.2) is 0 Å². The molecule has 0 radical (unpaired) electrons. The van der Waals surface area contributed by atoms with Crippen LogP contribution in [0.4, 0.5) is 0 Å². The number of rotatable bonds is 7. The van der Waals surface area contributed by atoms with Crippen LogP contribution in [0.25, 0.3) is 10.1 Å². The predicted octanol–water partition coefficient (Wildman–Crippen LogP) is 4.36. The normalized spacial score (nSPS) is 10.7. The molecular formula is C19H19NO2S2. The van der Waals surface area contributed by atoms with E-state index in [1.54, 1.807) is 18.4 Å². The Hall–Kier alpha value is -1.98. The van der Waals surface area contributed by atoms with Gasteiger partial charge in [-0.1, -0.05) is 18.2 Å². The molecular weight excluding hydrogens is 338 g/mol. The Morgan fingerprint density at radius 3 is 2.75 bits per heavy atom. The van der Waals surface area contributed by atoms with E-state index < -0.39 is 0 Å². The Morgan fingerprint density at radius 1 is 1.17 bits per heavy atom. The van der Waals surface area contributed by atoms with Gasteiger partial charge in [-0.3, -0.25) is 4.79 Å². The quantitative estimate of drug-likeness (QED) is 0.639. The number of nitrogens with one attached hydrogen (secondary N) is 1. The molecule has 124 valence electrons. The second-order valence-corrected chi connectivity index (χ2v) is 7.28. The molecule has 0 atom stereocenters. The van der Waals surface area contributed by atoms with Crippen molar-refractivity contribution in [2.75, 3.05) is 19.4 Å². The minimum absolute atomic E-state index is 0.0651. The second kappa shape index (κ2) is 8.22. The Balaban J connectivity index is 1.44. The Labute approximate surface area is 150 Å². The maximum absolute atomic E-state index is 12.0. The van der Waals surface area contributed by atoms with Crippen LogP contribution < -0.4 is 10.1 Å². The van der Waals surface area contributed by atoms with Crippen LogP contribution in [-0.2, 0) is 11.2 Å². The van der Waals surface area contributed by atoms with Gasteiger partial charge < -0.3 is 10.1 Å². The average molecular weight is 358 g/mol. The van der Waals surface area contributed by atoms with Crippen molar-refractivity contribution in [3.05, 3.63) is 59.5 Å². The highest BCUT2D eigenvalue weighted by Gasteiger charge is 2.06. The minimum atomic E-state index is 0.0651. The maximum Gasteiger partial charge on any atom is 0.230 e. The molecule has 1 aromatic heterocycles. The molecule has 0 spiro atoms.